The number of para-hydroxylation sites is 1. The minimum atomic E-state index is -0.450. The number of ether oxygens (including phenoxy) is 2. The van der Waals surface area contributed by atoms with Gasteiger partial charge < -0.3 is 29.9 Å². The maximum Gasteiger partial charge on any atom is 0.251 e. The molecule has 3 aromatic carbocycles. The molecule has 0 atom stereocenters. The van der Waals surface area contributed by atoms with Crippen molar-refractivity contribution in [3.63, 3.8) is 0 Å². The summed E-state index contributed by atoms with van der Waals surface area (Å²) >= 11 is 13.3. The molecule has 12 heteroatoms. The second-order valence-corrected chi connectivity index (χ2v) is 11.7. The molecule has 0 spiro atoms. The second-order valence-electron chi connectivity index (χ2n) is 10.9. The Morgan fingerprint density at radius 1 is 1.06 bits per heavy atom. The van der Waals surface area contributed by atoms with Gasteiger partial charge >= 0.3 is 0 Å². The summed E-state index contributed by atoms with van der Waals surface area (Å²) in [5, 5.41) is 6.77. The van der Waals surface area contributed by atoms with Crippen LogP contribution in [0.2, 0.25) is 10.0 Å². The van der Waals surface area contributed by atoms with E-state index in [9.17, 15) is 14.4 Å². The predicted molar refractivity (Wildman–Crippen MR) is 186 cm³/mol. The summed E-state index contributed by atoms with van der Waals surface area (Å²) in [6, 6.07) is 18.0. The van der Waals surface area contributed by atoms with E-state index in [0.717, 1.165) is 40.9 Å². The minimum absolute atomic E-state index is 0.0424. The molecule has 0 aliphatic carbocycles. The second kappa shape index (κ2) is 15.3. The summed E-state index contributed by atoms with van der Waals surface area (Å²) in [6.45, 7) is 4.67. The molecule has 1 fully saturated rings. The number of nitrogens with zero attached hydrogens (tertiary/aromatic N) is 3. The van der Waals surface area contributed by atoms with Gasteiger partial charge in [-0.05, 0) is 55.0 Å². The Labute approximate surface area is 283 Å². The first-order valence-electron chi connectivity index (χ1n) is 15.0. The topological polar surface area (TPSA) is 113 Å². The summed E-state index contributed by atoms with van der Waals surface area (Å²) < 4.78 is 11.8. The number of aromatic nitrogens is 1. The number of benzene rings is 3. The molecule has 3 amide bonds. The number of carbonyl (C=O) groups excluding carboxylic acids is 3. The lowest BCUT2D eigenvalue weighted by Crippen LogP contribution is -2.37. The van der Waals surface area contributed by atoms with Crippen LogP contribution in [-0.2, 0) is 20.9 Å². The number of rotatable bonds is 10. The Kier molecular flexibility index (Phi) is 11.0. The van der Waals surface area contributed by atoms with Crippen molar-refractivity contribution in [2.45, 2.75) is 13.5 Å². The van der Waals surface area contributed by atoms with Gasteiger partial charge in [-0.2, -0.15) is 0 Å². The van der Waals surface area contributed by atoms with Crippen molar-refractivity contribution >= 4 is 69.3 Å². The van der Waals surface area contributed by atoms with Gasteiger partial charge in [0.2, 0.25) is 11.8 Å². The van der Waals surface area contributed by atoms with Crippen LogP contribution in [0.4, 0.5) is 11.4 Å². The Morgan fingerprint density at radius 3 is 2.53 bits per heavy atom. The van der Waals surface area contributed by atoms with E-state index in [1.165, 1.54) is 11.0 Å². The third-order valence-electron chi connectivity index (χ3n) is 7.77. The lowest BCUT2D eigenvalue weighted by atomic mass is 10.1. The fourth-order valence-electron chi connectivity index (χ4n) is 5.17. The maximum absolute atomic E-state index is 13.0. The van der Waals surface area contributed by atoms with E-state index in [2.05, 4.69) is 21.6 Å². The number of hydrogen-bond donors (Lipinski definition) is 2. The highest BCUT2D eigenvalue weighted by atomic mass is 35.5. The summed E-state index contributed by atoms with van der Waals surface area (Å²) in [5.74, 6) is -0.450. The number of nitrogens with one attached hydrogen (secondary N) is 2. The normalized spacial score (nSPS) is 13.1. The van der Waals surface area contributed by atoms with E-state index in [1.54, 1.807) is 56.6 Å². The number of hydrogen-bond acceptors (Lipinski definition) is 7. The van der Waals surface area contributed by atoms with Crippen molar-refractivity contribution in [1.82, 2.24) is 15.6 Å². The van der Waals surface area contributed by atoms with Crippen molar-refractivity contribution in [3.05, 3.63) is 99.2 Å². The molecule has 0 unspecified atom stereocenters. The van der Waals surface area contributed by atoms with Crippen LogP contribution in [0.3, 0.4) is 0 Å². The highest BCUT2D eigenvalue weighted by molar-refractivity contribution is 6.38. The van der Waals surface area contributed by atoms with Crippen LogP contribution >= 0.6 is 23.2 Å². The molecule has 2 N–H and O–H groups in total. The highest BCUT2D eigenvalue weighted by Gasteiger charge is 2.21. The monoisotopic (exact) mass is 675 g/mol. The number of anilines is 2. The first-order valence-corrected chi connectivity index (χ1v) is 15.8. The van der Waals surface area contributed by atoms with E-state index in [-0.39, 0.29) is 30.0 Å². The Balaban J connectivity index is 1.25. The van der Waals surface area contributed by atoms with E-state index < -0.39 is 5.91 Å². The molecule has 1 saturated heterocycles. The maximum atomic E-state index is 13.0. The quantitative estimate of drug-likeness (QED) is 0.216. The Bertz CT molecular complexity index is 1820. The van der Waals surface area contributed by atoms with Crippen molar-refractivity contribution < 1.29 is 23.9 Å². The van der Waals surface area contributed by atoms with E-state index in [1.807, 2.05) is 25.1 Å². The van der Waals surface area contributed by atoms with Gasteiger partial charge in [0, 0.05) is 66.2 Å². The van der Waals surface area contributed by atoms with E-state index in [4.69, 9.17) is 37.7 Å². The SMILES string of the molecule is CNC(=O)c1ccc(C=CC(=O)NCC(=O)N(C)c2ccc(Cl)c(COc3cccc4c(N5CCOCC5)cc(C)nc34)c2Cl)cc1. The summed E-state index contributed by atoms with van der Waals surface area (Å²) in [6.07, 6.45) is 2.91. The van der Waals surface area contributed by atoms with Gasteiger partial charge in [0.1, 0.15) is 17.9 Å². The van der Waals surface area contributed by atoms with Crippen molar-refractivity contribution in [2.75, 3.05) is 56.7 Å². The molecule has 5 rings (SSSR count). The van der Waals surface area contributed by atoms with Gasteiger partial charge in [0.05, 0.1) is 30.5 Å². The summed E-state index contributed by atoms with van der Waals surface area (Å²) in [5.41, 5.74) is 4.85. The van der Waals surface area contributed by atoms with Crippen LogP contribution in [0, 0.1) is 6.92 Å². The fourth-order valence-corrected chi connectivity index (χ4v) is 5.78. The molecule has 4 aromatic rings. The van der Waals surface area contributed by atoms with Crippen LogP contribution in [0.1, 0.15) is 27.2 Å². The molecule has 10 nitrogen and oxygen atoms in total. The average molecular weight is 677 g/mol. The zero-order valence-electron chi connectivity index (χ0n) is 26.3. The largest absolute Gasteiger partial charge is 0.487 e. The first-order chi connectivity index (χ1) is 22.7. The van der Waals surface area contributed by atoms with Crippen LogP contribution in [-0.4, -0.2) is 69.6 Å². The van der Waals surface area contributed by atoms with Gasteiger partial charge in [-0.15, -0.1) is 0 Å². The molecule has 0 saturated carbocycles. The number of halogens is 2. The number of amides is 3. The van der Waals surface area contributed by atoms with Crippen LogP contribution < -0.4 is 25.2 Å². The zero-order chi connectivity index (χ0) is 33.5. The molecule has 244 valence electrons. The molecule has 0 radical (unpaired) electrons. The lowest BCUT2D eigenvalue weighted by Gasteiger charge is -2.30. The number of pyridine rings is 1. The molecular weight excluding hydrogens is 641 g/mol. The highest BCUT2D eigenvalue weighted by Crippen LogP contribution is 2.37. The third-order valence-corrected chi connectivity index (χ3v) is 8.55. The van der Waals surface area contributed by atoms with Crippen LogP contribution in [0.5, 0.6) is 5.75 Å². The van der Waals surface area contributed by atoms with E-state index in [0.29, 0.717) is 40.8 Å². The molecule has 1 aromatic heterocycles. The third kappa shape index (κ3) is 8.02. The van der Waals surface area contributed by atoms with Crippen molar-refractivity contribution in [3.8, 4) is 5.75 Å². The Hall–Kier alpha value is -4.64. The number of morpholine rings is 1. The number of fused-ring (bicyclic) bond motifs is 1. The molecular formula is C35H35Cl2N5O5. The summed E-state index contributed by atoms with van der Waals surface area (Å²) in [7, 11) is 3.13. The molecule has 1 aliphatic rings. The first kappa shape index (κ1) is 33.7. The standard InChI is InChI=1S/C35H35Cl2N5O5/c1-22-19-29(42-15-17-46-18-16-42)25-5-4-6-30(34(25)40-22)47-21-26-27(36)12-13-28(33(26)37)41(3)32(44)20-39-31(43)14-9-23-7-10-24(11-8-23)35(45)38-2/h4-14,19H,15-18,20-21H2,1-3H3,(H,38,45)(H,39,43). The smallest absolute Gasteiger partial charge is 0.251 e. The molecule has 1 aliphatic heterocycles. The predicted octanol–water partition coefficient (Wildman–Crippen LogP) is 5.42. The van der Waals surface area contributed by atoms with Crippen LogP contribution in [0.15, 0.2) is 66.7 Å². The fraction of sp³-hybridized carbons (Fsp3) is 0.257. The van der Waals surface area contributed by atoms with Gasteiger partial charge in [0.15, 0.2) is 0 Å². The summed E-state index contributed by atoms with van der Waals surface area (Å²) in [4.78, 5) is 45.6. The Morgan fingerprint density at radius 2 is 1.81 bits per heavy atom. The van der Waals surface area contributed by atoms with Gasteiger partial charge in [-0.3, -0.25) is 14.4 Å². The average Bonchev–Trinajstić information content (AvgIpc) is 3.09. The minimum Gasteiger partial charge on any atom is -0.487 e. The molecule has 2 heterocycles. The van der Waals surface area contributed by atoms with Crippen LogP contribution in [0.25, 0.3) is 17.0 Å². The van der Waals surface area contributed by atoms with Gasteiger partial charge in [-0.1, -0.05) is 47.5 Å². The number of likely N-dealkylation sites (N-methyl/N-ethyl adjacent to an activating group) is 1. The van der Waals surface area contributed by atoms with Gasteiger partial charge in [-0.25, -0.2) is 4.98 Å². The zero-order valence-corrected chi connectivity index (χ0v) is 27.8. The molecule has 47 heavy (non-hydrogen) atoms. The lowest BCUT2D eigenvalue weighted by molar-refractivity contribution is -0.122. The van der Waals surface area contributed by atoms with Crippen molar-refractivity contribution in [1.29, 1.82) is 0 Å². The van der Waals surface area contributed by atoms with Gasteiger partial charge in [0.25, 0.3) is 5.91 Å². The van der Waals surface area contributed by atoms with E-state index >= 15 is 0 Å². The number of aryl methyl sites for hydroxylation is 1. The molecule has 0 bridgehead atoms. The van der Waals surface area contributed by atoms with Crippen molar-refractivity contribution in [2.24, 2.45) is 0 Å². The number of carbonyl (C=O) groups is 3.